The van der Waals surface area contributed by atoms with Gasteiger partial charge in [0, 0.05) is 0 Å². The Hall–Kier alpha value is -3.71. The molecule has 0 heterocycles. The number of carbonyl (C=O) groups excluding carboxylic acids is 2. The third-order valence-electron chi connectivity index (χ3n) is 6.47. The summed E-state index contributed by atoms with van der Waals surface area (Å²) in [7, 11) is -4.03. The van der Waals surface area contributed by atoms with E-state index in [1.807, 2.05) is 67.6 Å². The lowest BCUT2D eigenvalue weighted by Gasteiger charge is -2.30. The standard InChI is InChI=1S/C31H28Cl3N5O4S2/c1-20-16-18-23(19-17-20)45(42,43)39-38-27(40)24-14-8-9-15-25(24)35-30(44)37-29(31(32,33)34)36-28(41)26(21-10-4-2-5-11-21)22-12-6-3-7-13-22/h2-19,26,29,39H,1H3,(H,36,41)(H,38,40)(H2,35,37,44). The molecule has 5 N–H and O–H groups in total. The number of carbonyl (C=O) groups is 2. The Morgan fingerprint density at radius 2 is 1.29 bits per heavy atom. The van der Waals surface area contributed by atoms with Gasteiger partial charge < -0.3 is 16.0 Å². The van der Waals surface area contributed by atoms with Crippen molar-refractivity contribution in [2.24, 2.45) is 0 Å². The van der Waals surface area contributed by atoms with E-state index < -0.39 is 37.7 Å². The lowest BCUT2D eigenvalue weighted by molar-refractivity contribution is -0.122. The molecule has 0 fully saturated rings. The van der Waals surface area contributed by atoms with Gasteiger partial charge in [-0.25, -0.2) is 8.42 Å². The smallest absolute Gasteiger partial charge is 0.268 e. The van der Waals surface area contributed by atoms with Gasteiger partial charge in [-0.1, -0.05) is 125 Å². The van der Waals surface area contributed by atoms with Crippen LogP contribution < -0.4 is 26.2 Å². The number of rotatable bonds is 10. The van der Waals surface area contributed by atoms with Gasteiger partial charge in [-0.15, -0.1) is 4.83 Å². The van der Waals surface area contributed by atoms with Crippen LogP contribution >= 0.6 is 47.0 Å². The summed E-state index contributed by atoms with van der Waals surface area (Å²) in [6.45, 7) is 1.82. The number of hydrogen-bond acceptors (Lipinski definition) is 5. The number of alkyl halides is 3. The van der Waals surface area contributed by atoms with E-state index in [1.165, 1.54) is 18.2 Å². The van der Waals surface area contributed by atoms with Crippen LogP contribution in [0.1, 0.15) is 33.0 Å². The van der Waals surface area contributed by atoms with E-state index >= 15 is 0 Å². The first-order valence-electron chi connectivity index (χ1n) is 13.4. The summed E-state index contributed by atoms with van der Waals surface area (Å²) in [5.41, 5.74) is 4.79. The second kappa shape index (κ2) is 15.0. The van der Waals surface area contributed by atoms with Crippen LogP contribution in [0.4, 0.5) is 5.69 Å². The maximum Gasteiger partial charge on any atom is 0.268 e. The molecule has 4 aromatic rings. The predicted octanol–water partition coefficient (Wildman–Crippen LogP) is 5.55. The average Bonchev–Trinajstić information content (AvgIpc) is 3.01. The van der Waals surface area contributed by atoms with Crippen LogP contribution in [0, 0.1) is 6.92 Å². The van der Waals surface area contributed by atoms with Crippen LogP contribution in [-0.4, -0.2) is 35.3 Å². The van der Waals surface area contributed by atoms with Gasteiger partial charge in [0.25, 0.3) is 15.9 Å². The van der Waals surface area contributed by atoms with Crippen molar-refractivity contribution >= 4 is 79.7 Å². The van der Waals surface area contributed by atoms with Crippen molar-refractivity contribution in [1.82, 2.24) is 20.9 Å². The first-order chi connectivity index (χ1) is 21.3. The zero-order chi connectivity index (χ0) is 32.6. The van der Waals surface area contributed by atoms with Crippen molar-refractivity contribution in [3.63, 3.8) is 0 Å². The summed E-state index contributed by atoms with van der Waals surface area (Å²) in [5.74, 6) is -1.95. The highest BCUT2D eigenvalue weighted by molar-refractivity contribution is 7.89. The lowest BCUT2D eigenvalue weighted by Crippen LogP contribution is -2.57. The van der Waals surface area contributed by atoms with Gasteiger partial charge >= 0.3 is 0 Å². The largest absolute Gasteiger partial charge is 0.339 e. The molecule has 2 amide bonds. The lowest BCUT2D eigenvalue weighted by atomic mass is 9.90. The van der Waals surface area contributed by atoms with Gasteiger partial charge in [-0.2, -0.15) is 0 Å². The average molecular weight is 705 g/mol. The number of para-hydroxylation sites is 1. The Bertz CT molecular complexity index is 1720. The van der Waals surface area contributed by atoms with E-state index in [-0.39, 0.29) is 21.3 Å². The maximum atomic E-state index is 13.7. The summed E-state index contributed by atoms with van der Waals surface area (Å²) in [4.78, 5) is 28.7. The van der Waals surface area contributed by atoms with Gasteiger partial charge in [-0.3, -0.25) is 15.0 Å². The summed E-state index contributed by atoms with van der Waals surface area (Å²) in [5, 5.41) is 8.28. The second-order valence-electron chi connectivity index (χ2n) is 9.75. The Morgan fingerprint density at radius 1 is 0.756 bits per heavy atom. The number of aryl methyl sites for hydroxylation is 1. The van der Waals surface area contributed by atoms with Crippen molar-refractivity contribution in [2.75, 3.05) is 5.32 Å². The van der Waals surface area contributed by atoms with Crippen molar-refractivity contribution in [1.29, 1.82) is 0 Å². The van der Waals surface area contributed by atoms with Gasteiger partial charge in [0.2, 0.25) is 9.70 Å². The van der Waals surface area contributed by atoms with E-state index in [9.17, 15) is 18.0 Å². The molecule has 14 heteroatoms. The minimum absolute atomic E-state index is 0.0215. The molecule has 45 heavy (non-hydrogen) atoms. The Morgan fingerprint density at radius 3 is 1.84 bits per heavy atom. The highest BCUT2D eigenvalue weighted by Gasteiger charge is 2.37. The van der Waals surface area contributed by atoms with Crippen molar-refractivity contribution in [3.8, 4) is 0 Å². The Kier molecular flexibility index (Phi) is 11.4. The normalized spacial score (nSPS) is 12.2. The number of amides is 2. The van der Waals surface area contributed by atoms with Crippen molar-refractivity contribution in [2.45, 2.75) is 27.7 Å². The SMILES string of the molecule is Cc1ccc(S(=O)(=O)NNC(=O)c2ccccc2NC(=S)NC(NC(=O)C(c2ccccc2)c2ccccc2)C(Cl)(Cl)Cl)cc1. The fourth-order valence-electron chi connectivity index (χ4n) is 4.25. The zero-order valence-corrected chi connectivity index (χ0v) is 27.5. The van der Waals surface area contributed by atoms with E-state index in [4.69, 9.17) is 47.0 Å². The molecular formula is C31H28Cl3N5O4S2. The van der Waals surface area contributed by atoms with Crippen molar-refractivity contribution < 1.29 is 18.0 Å². The molecule has 1 atom stereocenters. The highest BCUT2D eigenvalue weighted by atomic mass is 35.6. The van der Waals surface area contributed by atoms with Crippen LogP contribution in [0.15, 0.2) is 114 Å². The van der Waals surface area contributed by atoms with E-state index in [1.54, 1.807) is 30.3 Å². The molecule has 0 saturated heterocycles. The summed E-state index contributed by atoms with van der Waals surface area (Å²) in [6, 6.07) is 30.6. The molecule has 1 unspecified atom stereocenters. The molecule has 0 aliphatic rings. The minimum Gasteiger partial charge on any atom is -0.339 e. The maximum absolute atomic E-state index is 13.7. The molecule has 0 aliphatic carbocycles. The summed E-state index contributed by atoms with van der Waals surface area (Å²) in [6.07, 6.45) is -1.30. The van der Waals surface area contributed by atoms with Gasteiger partial charge in [0.15, 0.2) is 5.11 Å². The van der Waals surface area contributed by atoms with E-state index in [2.05, 4.69) is 26.2 Å². The molecular weight excluding hydrogens is 677 g/mol. The number of nitrogens with one attached hydrogen (secondary N) is 5. The first-order valence-corrected chi connectivity index (χ1v) is 16.4. The molecule has 0 bridgehead atoms. The molecule has 4 aromatic carbocycles. The third-order valence-corrected chi connectivity index (χ3v) is 8.61. The fraction of sp³-hybridized carbons (Fsp3) is 0.129. The molecule has 0 aromatic heterocycles. The van der Waals surface area contributed by atoms with Gasteiger partial charge in [0.1, 0.15) is 6.17 Å². The summed E-state index contributed by atoms with van der Waals surface area (Å²) >= 11 is 24.2. The van der Waals surface area contributed by atoms with Crippen LogP contribution in [0.25, 0.3) is 0 Å². The molecule has 4 rings (SSSR count). The number of benzene rings is 4. The topological polar surface area (TPSA) is 128 Å². The number of sulfonamides is 1. The number of thiocarbonyl (C=S) groups is 1. The van der Waals surface area contributed by atoms with Gasteiger partial charge in [-0.05, 0) is 54.5 Å². The fourth-order valence-corrected chi connectivity index (χ4v) is 5.64. The number of anilines is 1. The molecule has 0 saturated carbocycles. The van der Waals surface area contributed by atoms with Crippen LogP contribution in [0.2, 0.25) is 0 Å². The van der Waals surface area contributed by atoms with E-state index in [0.29, 0.717) is 0 Å². The monoisotopic (exact) mass is 703 g/mol. The van der Waals surface area contributed by atoms with Crippen LogP contribution in [-0.2, 0) is 14.8 Å². The van der Waals surface area contributed by atoms with Crippen LogP contribution in [0.5, 0.6) is 0 Å². The number of hydrogen-bond donors (Lipinski definition) is 5. The molecule has 234 valence electrons. The summed E-state index contributed by atoms with van der Waals surface area (Å²) < 4.78 is 23.2. The van der Waals surface area contributed by atoms with Crippen molar-refractivity contribution in [3.05, 3.63) is 131 Å². The molecule has 0 spiro atoms. The molecule has 9 nitrogen and oxygen atoms in total. The molecule has 0 aliphatic heterocycles. The first kappa shape index (κ1) is 34.2. The Labute approximate surface area is 281 Å². The zero-order valence-electron chi connectivity index (χ0n) is 23.6. The van der Waals surface area contributed by atoms with Gasteiger partial charge in [0.05, 0.1) is 22.1 Å². The van der Waals surface area contributed by atoms with E-state index in [0.717, 1.165) is 16.7 Å². The number of halogens is 3. The quantitative estimate of drug-likeness (QED) is 0.0634. The second-order valence-corrected chi connectivity index (χ2v) is 14.2. The number of hydrazine groups is 1. The third kappa shape index (κ3) is 9.40. The highest BCUT2D eigenvalue weighted by Crippen LogP contribution is 2.31. The predicted molar refractivity (Wildman–Crippen MR) is 182 cm³/mol. The minimum atomic E-state index is -4.03. The Balaban J connectivity index is 1.47. The molecule has 0 radical (unpaired) electrons. The van der Waals surface area contributed by atoms with Crippen LogP contribution in [0.3, 0.4) is 0 Å².